The van der Waals surface area contributed by atoms with Gasteiger partial charge in [0.1, 0.15) is 0 Å². The van der Waals surface area contributed by atoms with Gasteiger partial charge in [-0.25, -0.2) is 4.98 Å². The molecule has 0 spiro atoms. The van der Waals surface area contributed by atoms with Crippen LogP contribution in [0, 0.1) is 0 Å². The summed E-state index contributed by atoms with van der Waals surface area (Å²) in [6.45, 7) is 2.51. The number of nitrogen functional groups attached to an aromatic ring is 1. The van der Waals surface area contributed by atoms with Crippen LogP contribution in [0.1, 0.15) is 30.5 Å². The molecule has 0 aliphatic carbocycles. The quantitative estimate of drug-likeness (QED) is 0.715. The molecule has 0 aliphatic rings. The van der Waals surface area contributed by atoms with E-state index < -0.39 is 0 Å². The molecule has 1 atom stereocenters. The van der Waals surface area contributed by atoms with Crippen LogP contribution in [0.25, 0.3) is 0 Å². The Morgan fingerprint density at radius 2 is 2.16 bits per heavy atom. The van der Waals surface area contributed by atoms with Crippen molar-refractivity contribution in [2.45, 2.75) is 25.8 Å². The summed E-state index contributed by atoms with van der Waals surface area (Å²) < 4.78 is 0. The highest BCUT2D eigenvalue weighted by Gasteiger charge is 2.11. The fraction of sp³-hybridized carbons (Fsp3) is 0.286. The molecule has 2 rings (SSSR count). The van der Waals surface area contributed by atoms with Gasteiger partial charge in [0, 0.05) is 18.3 Å². The Hall–Kier alpha value is -2.30. The minimum absolute atomic E-state index is 0.0268. The van der Waals surface area contributed by atoms with Gasteiger partial charge in [-0.15, -0.1) is 0 Å². The Labute approximate surface area is 112 Å². The predicted molar refractivity (Wildman–Crippen MR) is 74.3 cm³/mol. The van der Waals surface area contributed by atoms with Gasteiger partial charge in [-0.2, -0.15) is 0 Å². The number of H-pyrrole nitrogens is 1. The lowest BCUT2D eigenvalue weighted by Gasteiger charge is -2.12. The Morgan fingerprint density at radius 1 is 1.42 bits per heavy atom. The third-order valence-corrected chi connectivity index (χ3v) is 3.03. The monoisotopic (exact) mass is 258 g/mol. The predicted octanol–water partition coefficient (Wildman–Crippen LogP) is 1.80. The number of hydrogen-bond acceptors (Lipinski definition) is 3. The number of aromatic nitrogens is 2. The second kappa shape index (κ2) is 6.04. The number of nitrogens with two attached hydrogens (primary N) is 1. The van der Waals surface area contributed by atoms with E-state index >= 15 is 0 Å². The Balaban J connectivity index is 1.83. The van der Waals surface area contributed by atoms with E-state index in [0.29, 0.717) is 13.0 Å². The summed E-state index contributed by atoms with van der Waals surface area (Å²) in [6.07, 6.45) is 3.75. The molecule has 1 heterocycles. The zero-order valence-electron chi connectivity index (χ0n) is 10.9. The van der Waals surface area contributed by atoms with Crippen LogP contribution in [0.5, 0.6) is 0 Å². The molecule has 1 aromatic carbocycles. The van der Waals surface area contributed by atoms with Crippen LogP contribution in [-0.4, -0.2) is 15.9 Å². The van der Waals surface area contributed by atoms with E-state index in [-0.39, 0.29) is 11.8 Å². The van der Waals surface area contributed by atoms with Crippen LogP contribution in [-0.2, 0) is 11.3 Å². The molecular weight excluding hydrogens is 240 g/mol. The number of carbonyl (C=O) groups excluding carboxylic acids is 1. The molecule has 5 nitrogen and oxygen atoms in total. The molecule has 0 aliphatic heterocycles. The molecular formula is C14H18N4O. The number of anilines is 1. The number of aromatic amines is 1. The lowest BCUT2D eigenvalue weighted by molar-refractivity contribution is -0.121. The minimum Gasteiger partial charge on any atom is -0.399 e. The third kappa shape index (κ3) is 3.84. The summed E-state index contributed by atoms with van der Waals surface area (Å²) in [4.78, 5) is 18.7. The smallest absolute Gasteiger partial charge is 0.220 e. The molecule has 0 saturated heterocycles. The van der Waals surface area contributed by atoms with Crippen molar-refractivity contribution in [2.24, 2.45) is 0 Å². The first kappa shape index (κ1) is 13.1. The van der Waals surface area contributed by atoms with Crippen molar-refractivity contribution in [3.63, 3.8) is 0 Å². The molecule has 0 saturated carbocycles. The lowest BCUT2D eigenvalue weighted by Crippen LogP contribution is -2.24. The second-order valence-corrected chi connectivity index (χ2v) is 4.63. The average Bonchev–Trinajstić information content (AvgIpc) is 2.90. The topological polar surface area (TPSA) is 83.8 Å². The van der Waals surface area contributed by atoms with Gasteiger partial charge in [-0.05, 0) is 23.6 Å². The van der Waals surface area contributed by atoms with Crippen LogP contribution in [0.4, 0.5) is 5.69 Å². The van der Waals surface area contributed by atoms with Gasteiger partial charge >= 0.3 is 0 Å². The summed E-state index contributed by atoms with van der Waals surface area (Å²) in [5.74, 6) is 0.196. The van der Waals surface area contributed by atoms with E-state index in [0.717, 1.165) is 16.9 Å². The average molecular weight is 258 g/mol. The summed E-state index contributed by atoms with van der Waals surface area (Å²) in [6, 6.07) is 7.63. The molecule has 1 aromatic heterocycles. The standard InChI is InChI=1S/C14H18N4O/c1-10(11-2-4-12(15)5-3-11)6-14(19)17-8-13-7-16-9-18-13/h2-5,7,9-10H,6,8,15H2,1H3,(H,16,18)(H,17,19). The SMILES string of the molecule is CC(CC(=O)NCc1cnc[nH]1)c1ccc(N)cc1. The van der Waals surface area contributed by atoms with Crippen LogP contribution in [0.15, 0.2) is 36.8 Å². The number of carbonyl (C=O) groups is 1. The Morgan fingerprint density at radius 3 is 2.79 bits per heavy atom. The highest BCUT2D eigenvalue weighted by Crippen LogP contribution is 2.19. The number of nitrogens with zero attached hydrogens (tertiary/aromatic N) is 1. The maximum atomic E-state index is 11.8. The molecule has 100 valence electrons. The van der Waals surface area contributed by atoms with E-state index in [1.807, 2.05) is 31.2 Å². The van der Waals surface area contributed by atoms with Crippen molar-refractivity contribution in [1.29, 1.82) is 0 Å². The van der Waals surface area contributed by atoms with Gasteiger partial charge in [-0.1, -0.05) is 19.1 Å². The van der Waals surface area contributed by atoms with Crippen molar-refractivity contribution < 1.29 is 4.79 Å². The summed E-state index contributed by atoms with van der Waals surface area (Å²) >= 11 is 0. The van der Waals surface area contributed by atoms with Crippen molar-refractivity contribution >= 4 is 11.6 Å². The van der Waals surface area contributed by atoms with Crippen molar-refractivity contribution in [2.75, 3.05) is 5.73 Å². The summed E-state index contributed by atoms with van der Waals surface area (Å²) in [5.41, 5.74) is 8.39. The van der Waals surface area contributed by atoms with Crippen LogP contribution >= 0.6 is 0 Å². The fourth-order valence-corrected chi connectivity index (χ4v) is 1.87. The first-order valence-corrected chi connectivity index (χ1v) is 6.24. The van der Waals surface area contributed by atoms with E-state index in [9.17, 15) is 4.79 Å². The molecule has 1 unspecified atom stereocenters. The lowest BCUT2D eigenvalue weighted by atomic mass is 9.97. The maximum Gasteiger partial charge on any atom is 0.220 e. The largest absolute Gasteiger partial charge is 0.399 e. The van der Waals surface area contributed by atoms with Gasteiger partial charge in [0.2, 0.25) is 5.91 Å². The molecule has 0 fully saturated rings. The van der Waals surface area contributed by atoms with Crippen molar-refractivity contribution in [1.82, 2.24) is 15.3 Å². The van der Waals surface area contributed by atoms with Crippen LogP contribution in [0.2, 0.25) is 0 Å². The van der Waals surface area contributed by atoms with Gasteiger partial charge in [0.05, 0.1) is 18.6 Å². The first-order valence-electron chi connectivity index (χ1n) is 6.24. The molecule has 4 N–H and O–H groups in total. The number of imidazole rings is 1. The van der Waals surface area contributed by atoms with Gasteiger partial charge in [-0.3, -0.25) is 4.79 Å². The van der Waals surface area contributed by atoms with Gasteiger partial charge in [0.25, 0.3) is 0 Å². The van der Waals surface area contributed by atoms with Crippen LogP contribution in [0.3, 0.4) is 0 Å². The minimum atomic E-state index is 0.0268. The molecule has 0 bridgehead atoms. The molecule has 19 heavy (non-hydrogen) atoms. The fourth-order valence-electron chi connectivity index (χ4n) is 1.87. The van der Waals surface area contributed by atoms with E-state index in [1.54, 1.807) is 12.5 Å². The third-order valence-electron chi connectivity index (χ3n) is 3.03. The maximum absolute atomic E-state index is 11.8. The zero-order chi connectivity index (χ0) is 13.7. The van der Waals surface area contributed by atoms with Crippen LogP contribution < -0.4 is 11.1 Å². The molecule has 1 amide bonds. The number of benzene rings is 1. The first-order chi connectivity index (χ1) is 9.15. The number of amides is 1. The van der Waals surface area contributed by atoms with Gasteiger partial charge < -0.3 is 16.0 Å². The normalized spacial score (nSPS) is 12.1. The molecule has 2 aromatic rings. The summed E-state index contributed by atoms with van der Waals surface area (Å²) in [5, 5.41) is 2.86. The number of rotatable bonds is 5. The number of hydrogen-bond donors (Lipinski definition) is 3. The van der Waals surface area contributed by atoms with Crippen molar-refractivity contribution in [3.8, 4) is 0 Å². The molecule has 5 heteroatoms. The highest BCUT2D eigenvalue weighted by atomic mass is 16.1. The Bertz CT molecular complexity index is 519. The highest BCUT2D eigenvalue weighted by molar-refractivity contribution is 5.76. The zero-order valence-corrected chi connectivity index (χ0v) is 10.9. The van der Waals surface area contributed by atoms with E-state index in [2.05, 4.69) is 15.3 Å². The second-order valence-electron chi connectivity index (χ2n) is 4.63. The van der Waals surface area contributed by atoms with E-state index in [1.165, 1.54) is 0 Å². The van der Waals surface area contributed by atoms with Gasteiger partial charge in [0.15, 0.2) is 0 Å². The number of nitrogens with one attached hydrogen (secondary N) is 2. The molecule has 0 radical (unpaired) electrons. The van der Waals surface area contributed by atoms with Crippen molar-refractivity contribution in [3.05, 3.63) is 48.0 Å². The Kier molecular flexibility index (Phi) is 4.18. The van der Waals surface area contributed by atoms with E-state index in [4.69, 9.17) is 5.73 Å². The summed E-state index contributed by atoms with van der Waals surface area (Å²) in [7, 11) is 0.